The molecule has 31 heavy (non-hydrogen) atoms. The van der Waals surface area contributed by atoms with Gasteiger partial charge in [-0.1, -0.05) is 25.1 Å². The summed E-state index contributed by atoms with van der Waals surface area (Å²) in [5, 5.41) is 3.08. The molecule has 4 fully saturated rings. The Morgan fingerprint density at radius 3 is 2.03 bits per heavy atom. The summed E-state index contributed by atoms with van der Waals surface area (Å²) in [6.07, 6.45) is 8.63. The van der Waals surface area contributed by atoms with Gasteiger partial charge in [0.2, 0.25) is 0 Å². The number of aryl methyl sites for hydroxylation is 2. The zero-order valence-corrected chi connectivity index (χ0v) is 19.1. The summed E-state index contributed by atoms with van der Waals surface area (Å²) >= 11 is 0. The quantitative estimate of drug-likeness (QED) is 0.577. The van der Waals surface area contributed by atoms with Crippen LogP contribution in [-0.4, -0.2) is 12.0 Å². The van der Waals surface area contributed by atoms with Gasteiger partial charge < -0.3 is 10.1 Å². The van der Waals surface area contributed by atoms with E-state index in [4.69, 9.17) is 4.74 Å². The highest BCUT2D eigenvalue weighted by Gasteiger charge is 2.51. The predicted octanol–water partition coefficient (Wildman–Crippen LogP) is 6.57. The van der Waals surface area contributed by atoms with Gasteiger partial charge in [-0.15, -0.1) is 0 Å². The smallest absolute Gasteiger partial charge is 0.265 e. The van der Waals surface area contributed by atoms with Crippen LogP contribution in [0, 0.1) is 31.6 Å². The van der Waals surface area contributed by atoms with Crippen LogP contribution >= 0.6 is 0 Å². The molecule has 164 valence electrons. The predicted molar refractivity (Wildman–Crippen MR) is 126 cm³/mol. The van der Waals surface area contributed by atoms with Crippen LogP contribution in [0.1, 0.15) is 68.6 Å². The highest BCUT2D eigenvalue weighted by Crippen LogP contribution is 2.60. The van der Waals surface area contributed by atoms with Crippen molar-refractivity contribution in [3.05, 3.63) is 59.2 Å². The molecule has 4 saturated carbocycles. The zero-order chi connectivity index (χ0) is 21.6. The summed E-state index contributed by atoms with van der Waals surface area (Å²) in [5.41, 5.74) is 5.04. The summed E-state index contributed by atoms with van der Waals surface area (Å²) in [6, 6.07) is 14.8. The van der Waals surface area contributed by atoms with E-state index < -0.39 is 6.10 Å². The van der Waals surface area contributed by atoms with Crippen LogP contribution in [0.3, 0.4) is 0 Å². The number of anilines is 1. The lowest BCUT2D eigenvalue weighted by Crippen LogP contribution is -2.48. The van der Waals surface area contributed by atoms with Crippen molar-refractivity contribution >= 4 is 11.6 Å². The van der Waals surface area contributed by atoms with E-state index in [0.29, 0.717) is 11.8 Å². The minimum absolute atomic E-state index is 0.0794. The van der Waals surface area contributed by atoms with Crippen molar-refractivity contribution in [2.24, 2.45) is 17.8 Å². The Morgan fingerprint density at radius 2 is 1.52 bits per heavy atom. The van der Waals surface area contributed by atoms with Crippen LogP contribution in [0.15, 0.2) is 42.5 Å². The highest BCUT2D eigenvalue weighted by molar-refractivity contribution is 5.94. The molecule has 0 aromatic heterocycles. The molecule has 1 atom stereocenters. The number of nitrogens with one attached hydrogen (secondary N) is 1. The maximum Gasteiger partial charge on any atom is 0.265 e. The van der Waals surface area contributed by atoms with Crippen LogP contribution in [0.2, 0.25) is 0 Å². The monoisotopic (exact) mass is 417 g/mol. The minimum atomic E-state index is -0.496. The van der Waals surface area contributed by atoms with Crippen LogP contribution in [0.4, 0.5) is 5.69 Å². The Balaban J connectivity index is 1.26. The van der Waals surface area contributed by atoms with Crippen molar-refractivity contribution in [2.75, 3.05) is 5.32 Å². The lowest BCUT2D eigenvalue weighted by Gasteiger charge is -2.57. The van der Waals surface area contributed by atoms with Gasteiger partial charge in [-0.2, -0.15) is 0 Å². The Hall–Kier alpha value is -2.29. The molecule has 0 aliphatic heterocycles. The third kappa shape index (κ3) is 4.12. The Labute approximate surface area is 186 Å². The van der Waals surface area contributed by atoms with E-state index in [0.717, 1.165) is 40.3 Å². The summed E-state index contributed by atoms with van der Waals surface area (Å²) in [4.78, 5) is 12.9. The second-order valence-electron chi connectivity index (χ2n) is 10.6. The first kappa shape index (κ1) is 20.6. The fraction of sp³-hybridized carbons (Fsp3) is 0.536. The first-order valence-electron chi connectivity index (χ1n) is 12.1. The number of rotatable bonds is 6. The van der Waals surface area contributed by atoms with Gasteiger partial charge >= 0.3 is 0 Å². The maximum atomic E-state index is 12.9. The molecule has 0 spiro atoms. The molecule has 4 aliphatic carbocycles. The standard InChI is InChI=1S/C28H35NO2/c1-4-26(31-25-10-18(2)9-19(3)11-25)27(30)29-24-7-5-23(6-8-24)28-15-20-12-21(16-28)14-22(13-20)17-28/h5-11,20-22,26H,4,12-17H2,1-3H3,(H,29,30)/t20?,21?,22?,26-,28?/m1/s1. The molecular formula is C28H35NO2. The topological polar surface area (TPSA) is 38.3 Å². The van der Waals surface area contributed by atoms with Crippen molar-refractivity contribution in [1.82, 2.24) is 0 Å². The lowest BCUT2D eigenvalue weighted by molar-refractivity contribution is -0.122. The van der Waals surface area contributed by atoms with Gasteiger partial charge in [-0.25, -0.2) is 0 Å². The van der Waals surface area contributed by atoms with Crippen LogP contribution < -0.4 is 10.1 Å². The van der Waals surface area contributed by atoms with Crippen molar-refractivity contribution in [1.29, 1.82) is 0 Å². The second kappa shape index (κ2) is 8.00. The summed E-state index contributed by atoms with van der Waals surface area (Å²) in [7, 11) is 0. The van der Waals surface area contributed by atoms with Gasteiger partial charge in [0.25, 0.3) is 5.91 Å². The molecule has 1 N–H and O–H groups in total. The molecule has 6 rings (SSSR count). The summed E-state index contributed by atoms with van der Waals surface area (Å²) < 4.78 is 6.04. The molecular weight excluding hydrogens is 382 g/mol. The molecule has 3 heteroatoms. The Morgan fingerprint density at radius 1 is 0.968 bits per heavy atom. The maximum absolute atomic E-state index is 12.9. The zero-order valence-electron chi connectivity index (χ0n) is 19.1. The molecule has 0 heterocycles. The molecule has 4 aliphatic rings. The van der Waals surface area contributed by atoms with E-state index in [1.165, 1.54) is 44.1 Å². The number of amides is 1. The van der Waals surface area contributed by atoms with Crippen molar-refractivity contribution < 1.29 is 9.53 Å². The Kier molecular flexibility index (Phi) is 5.32. The van der Waals surface area contributed by atoms with E-state index in [-0.39, 0.29) is 5.91 Å². The fourth-order valence-electron chi connectivity index (χ4n) is 7.08. The highest BCUT2D eigenvalue weighted by atomic mass is 16.5. The number of carbonyl (C=O) groups is 1. The van der Waals surface area contributed by atoms with Gasteiger partial charge in [0.15, 0.2) is 6.10 Å². The van der Waals surface area contributed by atoms with Crippen molar-refractivity contribution in [3.8, 4) is 5.75 Å². The number of benzene rings is 2. The van der Waals surface area contributed by atoms with Crippen LogP contribution in [0.25, 0.3) is 0 Å². The van der Waals surface area contributed by atoms with Gasteiger partial charge in [0, 0.05) is 5.69 Å². The number of hydrogen-bond donors (Lipinski definition) is 1. The van der Waals surface area contributed by atoms with Gasteiger partial charge in [0.1, 0.15) is 5.75 Å². The first-order valence-corrected chi connectivity index (χ1v) is 12.1. The van der Waals surface area contributed by atoms with Crippen LogP contribution in [-0.2, 0) is 10.2 Å². The fourth-order valence-corrected chi connectivity index (χ4v) is 7.08. The SMILES string of the molecule is CC[C@@H](Oc1cc(C)cc(C)c1)C(=O)Nc1ccc(C23CC4CC(CC(C4)C2)C3)cc1. The molecule has 0 saturated heterocycles. The van der Waals surface area contributed by atoms with Gasteiger partial charge in [-0.05, 0) is 123 Å². The summed E-state index contributed by atoms with van der Waals surface area (Å²) in [6.45, 7) is 6.08. The van der Waals surface area contributed by atoms with E-state index >= 15 is 0 Å². The number of ether oxygens (including phenoxy) is 1. The van der Waals surface area contributed by atoms with E-state index in [2.05, 4.69) is 35.6 Å². The normalized spacial score (nSPS) is 29.6. The third-order valence-electron chi connectivity index (χ3n) is 7.94. The second-order valence-corrected chi connectivity index (χ2v) is 10.6. The molecule has 3 nitrogen and oxygen atoms in total. The Bertz CT molecular complexity index is 906. The summed E-state index contributed by atoms with van der Waals surface area (Å²) in [5.74, 6) is 3.51. The molecule has 4 bridgehead atoms. The molecule has 0 radical (unpaired) electrons. The van der Waals surface area contributed by atoms with E-state index in [1.807, 2.05) is 32.9 Å². The average molecular weight is 418 g/mol. The molecule has 2 aromatic carbocycles. The van der Waals surface area contributed by atoms with Gasteiger partial charge in [-0.3, -0.25) is 4.79 Å². The van der Waals surface area contributed by atoms with E-state index in [1.54, 1.807) is 0 Å². The average Bonchev–Trinajstić information content (AvgIpc) is 2.70. The van der Waals surface area contributed by atoms with Crippen LogP contribution in [0.5, 0.6) is 5.75 Å². The van der Waals surface area contributed by atoms with Gasteiger partial charge in [0.05, 0.1) is 0 Å². The largest absolute Gasteiger partial charge is 0.481 e. The van der Waals surface area contributed by atoms with Crippen molar-refractivity contribution in [3.63, 3.8) is 0 Å². The minimum Gasteiger partial charge on any atom is -0.481 e. The first-order chi connectivity index (χ1) is 14.9. The molecule has 2 aromatic rings. The number of hydrogen-bond acceptors (Lipinski definition) is 2. The number of carbonyl (C=O) groups excluding carboxylic acids is 1. The third-order valence-corrected chi connectivity index (χ3v) is 7.94. The molecule has 0 unspecified atom stereocenters. The van der Waals surface area contributed by atoms with Crippen molar-refractivity contribution in [2.45, 2.75) is 77.2 Å². The molecule has 1 amide bonds. The lowest BCUT2D eigenvalue weighted by atomic mass is 9.48. The van der Waals surface area contributed by atoms with E-state index in [9.17, 15) is 4.79 Å².